The topological polar surface area (TPSA) is 64.3 Å². The van der Waals surface area contributed by atoms with E-state index in [2.05, 4.69) is 5.32 Å². The number of carbonyl (C=O) groups is 1. The maximum Gasteiger partial charge on any atom is 0.340 e. The fraction of sp³-hybridized carbons (Fsp3) is 0.235. The molecule has 0 bridgehead atoms. The van der Waals surface area contributed by atoms with Crippen LogP contribution in [-0.2, 0) is 4.74 Å². The first kappa shape index (κ1) is 14.9. The van der Waals surface area contributed by atoms with Gasteiger partial charge in [0.2, 0.25) is 0 Å². The lowest BCUT2D eigenvalue weighted by atomic mass is 10.1. The average Bonchev–Trinajstić information content (AvgIpc) is 2.49. The number of carbonyl (C=O) groups excluding carboxylic acids is 1. The quantitative estimate of drug-likeness (QED) is 0.646. The number of esters is 1. The Kier molecular flexibility index (Phi) is 4.82. The van der Waals surface area contributed by atoms with Crippen LogP contribution in [0.5, 0.6) is 0 Å². The summed E-state index contributed by atoms with van der Waals surface area (Å²) in [5.41, 5.74) is 9.54. The Bertz CT molecular complexity index is 621. The van der Waals surface area contributed by atoms with E-state index in [4.69, 9.17) is 10.5 Å². The smallest absolute Gasteiger partial charge is 0.340 e. The zero-order valence-corrected chi connectivity index (χ0v) is 12.3. The van der Waals surface area contributed by atoms with Gasteiger partial charge in [-0.1, -0.05) is 24.6 Å². The molecule has 3 N–H and O–H groups in total. The highest BCUT2D eigenvalue weighted by Gasteiger charge is 2.13. The SMILES string of the molecule is CCCOC(=O)c1cc(N)ccc1Nc1ccc(C)cc1. The van der Waals surface area contributed by atoms with Gasteiger partial charge in [-0.25, -0.2) is 4.79 Å². The van der Waals surface area contributed by atoms with E-state index in [1.165, 1.54) is 5.56 Å². The van der Waals surface area contributed by atoms with Gasteiger partial charge in [0.25, 0.3) is 0 Å². The molecular formula is C17H20N2O2. The second kappa shape index (κ2) is 6.79. The van der Waals surface area contributed by atoms with Gasteiger partial charge in [-0.15, -0.1) is 0 Å². The molecule has 0 heterocycles. The zero-order valence-electron chi connectivity index (χ0n) is 12.3. The lowest BCUT2D eigenvalue weighted by Crippen LogP contribution is -2.09. The third-order valence-electron chi connectivity index (χ3n) is 3.03. The highest BCUT2D eigenvalue weighted by atomic mass is 16.5. The van der Waals surface area contributed by atoms with Crippen LogP contribution in [0.25, 0.3) is 0 Å². The number of aryl methyl sites for hydroxylation is 1. The number of nitrogens with one attached hydrogen (secondary N) is 1. The largest absolute Gasteiger partial charge is 0.462 e. The molecule has 0 aliphatic carbocycles. The Morgan fingerprint density at radius 3 is 2.57 bits per heavy atom. The van der Waals surface area contributed by atoms with Crippen molar-refractivity contribution in [2.24, 2.45) is 0 Å². The van der Waals surface area contributed by atoms with Gasteiger partial charge in [0.1, 0.15) is 0 Å². The third-order valence-corrected chi connectivity index (χ3v) is 3.03. The van der Waals surface area contributed by atoms with Gasteiger partial charge in [0, 0.05) is 11.4 Å². The molecule has 4 nitrogen and oxygen atoms in total. The third kappa shape index (κ3) is 3.99. The summed E-state index contributed by atoms with van der Waals surface area (Å²) in [5.74, 6) is -0.362. The van der Waals surface area contributed by atoms with E-state index in [1.807, 2.05) is 38.1 Å². The summed E-state index contributed by atoms with van der Waals surface area (Å²) in [6.07, 6.45) is 0.786. The number of ether oxygens (including phenoxy) is 1. The fourth-order valence-electron chi connectivity index (χ4n) is 1.90. The van der Waals surface area contributed by atoms with Crippen molar-refractivity contribution in [2.45, 2.75) is 20.3 Å². The predicted octanol–water partition coefficient (Wildman–Crippen LogP) is 3.89. The van der Waals surface area contributed by atoms with Crippen LogP contribution in [0.15, 0.2) is 42.5 Å². The van der Waals surface area contributed by atoms with Crippen LogP contribution in [0.1, 0.15) is 29.3 Å². The number of hydrogen-bond acceptors (Lipinski definition) is 4. The Balaban J connectivity index is 2.26. The van der Waals surface area contributed by atoms with Gasteiger partial charge < -0.3 is 15.8 Å². The first-order chi connectivity index (χ1) is 10.1. The predicted molar refractivity (Wildman–Crippen MR) is 85.9 cm³/mol. The van der Waals surface area contributed by atoms with Gasteiger partial charge in [-0.05, 0) is 43.7 Å². The Morgan fingerprint density at radius 1 is 1.19 bits per heavy atom. The van der Waals surface area contributed by atoms with E-state index in [9.17, 15) is 4.79 Å². The summed E-state index contributed by atoms with van der Waals surface area (Å²) in [5, 5.41) is 3.23. The Labute approximate surface area is 124 Å². The molecule has 0 amide bonds. The molecule has 2 rings (SSSR count). The van der Waals surface area contributed by atoms with Crippen molar-refractivity contribution in [3.63, 3.8) is 0 Å². The second-order valence-electron chi connectivity index (χ2n) is 4.93. The van der Waals surface area contributed by atoms with Crippen LogP contribution in [0, 0.1) is 6.92 Å². The van der Waals surface area contributed by atoms with Crippen LogP contribution in [-0.4, -0.2) is 12.6 Å². The van der Waals surface area contributed by atoms with Crippen molar-refractivity contribution in [3.05, 3.63) is 53.6 Å². The normalized spacial score (nSPS) is 10.2. The first-order valence-electron chi connectivity index (χ1n) is 7.00. The molecule has 0 fully saturated rings. The number of hydrogen-bond donors (Lipinski definition) is 2. The van der Waals surface area contributed by atoms with Crippen molar-refractivity contribution in [1.82, 2.24) is 0 Å². The van der Waals surface area contributed by atoms with Crippen LogP contribution < -0.4 is 11.1 Å². The molecule has 0 radical (unpaired) electrons. The minimum Gasteiger partial charge on any atom is -0.462 e. The van der Waals surface area contributed by atoms with E-state index < -0.39 is 0 Å². The number of nitrogens with two attached hydrogens (primary N) is 1. The summed E-state index contributed by atoms with van der Waals surface area (Å²) in [6, 6.07) is 13.1. The lowest BCUT2D eigenvalue weighted by molar-refractivity contribution is 0.0506. The molecule has 0 aliphatic heterocycles. The molecular weight excluding hydrogens is 264 g/mol. The van der Waals surface area contributed by atoms with E-state index in [1.54, 1.807) is 18.2 Å². The minimum atomic E-state index is -0.362. The van der Waals surface area contributed by atoms with Gasteiger partial charge in [-0.3, -0.25) is 0 Å². The molecule has 110 valence electrons. The highest BCUT2D eigenvalue weighted by molar-refractivity contribution is 5.97. The van der Waals surface area contributed by atoms with Gasteiger partial charge in [0.15, 0.2) is 0 Å². The van der Waals surface area contributed by atoms with Gasteiger partial charge >= 0.3 is 5.97 Å². The van der Waals surface area contributed by atoms with Crippen molar-refractivity contribution in [3.8, 4) is 0 Å². The van der Waals surface area contributed by atoms with E-state index >= 15 is 0 Å². The molecule has 0 aromatic heterocycles. The molecule has 2 aromatic carbocycles. The summed E-state index contributed by atoms with van der Waals surface area (Å²) < 4.78 is 5.20. The fourth-order valence-corrected chi connectivity index (χ4v) is 1.90. The van der Waals surface area contributed by atoms with Crippen molar-refractivity contribution >= 4 is 23.0 Å². The first-order valence-corrected chi connectivity index (χ1v) is 7.00. The highest BCUT2D eigenvalue weighted by Crippen LogP contribution is 2.24. The zero-order chi connectivity index (χ0) is 15.2. The van der Waals surface area contributed by atoms with E-state index in [0.717, 1.165) is 12.1 Å². The minimum absolute atomic E-state index is 0.362. The molecule has 0 aliphatic rings. The van der Waals surface area contributed by atoms with E-state index in [-0.39, 0.29) is 5.97 Å². The molecule has 4 heteroatoms. The number of nitrogen functional groups attached to an aromatic ring is 1. The second-order valence-corrected chi connectivity index (χ2v) is 4.93. The summed E-state index contributed by atoms with van der Waals surface area (Å²) in [7, 11) is 0. The molecule has 0 unspecified atom stereocenters. The van der Waals surface area contributed by atoms with Crippen molar-refractivity contribution in [2.75, 3.05) is 17.7 Å². The summed E-state index contributed by atoms with van der Waals surface area (Å²) in [4.78, 5) is 12.1. The number of anilines is 3. The summed E-state index contributed by atoms with van der Waals surface area (Å²) >= 11 is 0. The Morgan fingerprint density at radius 2 is 1.90 bits per heavy atom. The summed E-state index contributed by atoms with van der Waals surface area (Å²) in [6.45, 7) is 4.39. The van der Waals surface area contributed by atoms with Gasteiger partial charge in [0.05, 0.1) is 17.9 Å². The van der Waals surface area contributed by atoms with Crippen LogP contribution in [0.3, 0.4) is 0 Å². The van der Waals surface area contributed by atoms with Crippen molar-refractivity contribution < 1.29 is 9.53 Å². The average molecular weight is 284 g/mol. The monoisotopic (exact) mass is 284 g/mol. The van der Waals surface area contributed by atoms with Crippen LogP contribution in [0.2, 0.25) is 0 Å². The van der Waals surface area contributed by atoms with Crippen molar-refractivity contribution in [1.29, 1.82) is 0 Å². The number of rotatable bonds is 5. The molecule has 0 saturated carbocycles. The Hall–Kier alpha value is -2.49. The molecule has 0 spiro atoms. The standard InChI is InChI=1S/C17H20N2O2/c1-3-10-21-17(20)15-11-13(18)6-9-16(15)19-14-7-4-12(2)5-8-14/h4-9,11,19H,3,10,18H2,1-2H3. The molecule has 21 heavy (non-hydrogen) atoms. The van der Waals surface area contributed by atoms with Gasteiger partial charge in [-0.2, -0.15) is 0 Å². The number of benzene rings is 2. The van der Waals surface area contributed by atoms with Crippen LogP contribution >= 0.6 is 0 Å². The molecule has 0 atom stereocenters. The molecule has 2 aromatic rings. The maximum absolute atomic E-state index is 12.1. The maximum atomic E-state index is 12.1. The van der Waals surface area contributed by atoms with Crippen LogP contribution in [0.4, 0.5) is 17.1 Å². The lowest BCUT2D eigenvalue weighted by Gasteiger charge is -2.12. The van der Waals surface area contributed by atoms with E-state index in [0.29, 0.717) is 23.5 Å². The molecule has 0 saturated heterocycles.